The number of hydrogen-bond acceptors (Lipinski definition) is 2. The third-order valence-electron chi connectivity index (χ3n) is 5.14. The Kier molecular flexibility index (Phi) is 4.70. The molecule has 4 nitrogen and oxygen atoms in total. The van der Waals surface area contributed by atoms with E-state index in [1.165, 1.54) is 10.8 Å². The molecule has 1 atom stereocenters. The molecule has 4 rings (SSSR count). The van der Waals surface area contributed by atoms with Gasteiger partial charge in [-0.3, -0.25) is 4.79 Å². The van der Waals surface area contributed by atoms with Crippen LogP contribution in [0.25, 0.3) is 16.5 Å². The molecule has 1 heterocycles. The van der Waals surface area contributed by atoms with E-state index in [2.05, 4.69) is 40.7 Å². The Bertz CT molecular complexity index is 1150. The number of para-hydroxylation sites is 1. The highest BCUT2D eigenvalue weighted by atomic mass is 16.1. The minimum Gasteiger partial charge on any atom is -0.345 e. The zero-order valence-corrected chi connectivity index (χ0v) is 16.3. The normalized spacial score (nSPS) is 12.1. The van der Waals surface area contributed by atoms with E-state index < -0.39 is 0 Å². The summed E-state index contributed by atoms with van der Waals surface area (Å²) in [5, 5.41) is 10.1. The molecule has 0 spiro atoms. The van der Waals surface area contributed by atoms with Crippen molar-refractivity contribution in [1.29, 1.82) is 0 Å². The predicted octanol–water partition coefficient (Wildman–Crippen LogP) is 5.13. The van der Waals surface area contributed by atoms with Gasteiger partial charge in [-0.2, -0.15) is 5.10 Å². The van der Waals surface area contributed by atoms with E-state index >= 15 is 0 Å². The first-order chi connectivity index (χ1) is 13.5. The zero-order valence-electron chi connectivity index (χ0n) is 16.3. The van der Waals surface area contributed by atoms with E-state index in [0.717, 1.165) is 22.6 Å². The molecule has 140 valence electrons. The maximum atomic E-state index is 13.0. The summed E-state index contributed by atoms with van der Waals surface area (Å²) in [6.07, 6.45) is 0. The van der Waals surface area contributed by atoms with Crippen LogP contribution in [0, 0.1) is 13.8 Å². The van der Waals surface area contributed by atoms with Gasteiger partial charge in [-0.15, -0.1) is 0 Å². The predicted molar refractivity (Wildman–Crippen MR) is 113 cm³/mol. The first-order valence-electron chi connectivity index (χ1n) is 9.46. The Morgan fingerprint density at radius 1 is 0.929 bits per heavy atom. The third-order valence-corrected chi connectivity index (χ3v) is 5.14. The lowest BCUT2D eigenvalue weighted by Gasteiger charge is -2.15. The molecule has 0 radical (unpaired) electrons. The van der Waals surface area contributed by atoms with Crippen molar-refractivity contribution in [1.82, 2.24) is 15.1 Å². The largest absolute Gasteiger partial charge is 0.345 e. The van der Waals surface area contributed by atoms with Gasteiger partial charge in [-0.25, -0.2) is 4.68 Å². The second-order valence-electron chi connectivity index (χ2n) is 7.09. The molecule has 0 bridgehead atoms. The molecular weight excluding hydrogens is 346 g/mol. The van der Waals surface area contributed by atoms with Crippen LogP contribution < -0.4 is 5.32 Å². The van der Waals surface area contributed by atoms with Gasteiger partial charge in [0.2, 0.25) is 0 Å². The number of hydrogen-bond donors (Lipinski definition) is 1. The smallest absolute Gasteiger partial charge is 0.255 e. The molecule has 0 aliphatic rings. The minimum atomic E-state index is -0.101. The molecule has 1 amide bonds. The standard InChI is InChI=1S/C24H23N3O/c1-16(20-14-13-19-9-7-8-10-21(19)15-20)25-24(28)23-17(2)26-27(18(23)3)22-11-5-4-6-12-22/h4-16H,1-3H3,(H,25,28). The molecule has 0 fully saturated rings. The quantitative estimate of drug-likeness (QED) is 0.542. The van der Waals surface area contributed by atoms with E-state index in [4.69, 9.17) is 0 Å². The lowest BCUT2D eigenvalue weighted by molar-refractivity contribution is 0.0938. The van der Waals surface area contributed by atoms with Crippen LogP contribution >= 0.6 is 0 Å². The van der Waals surface area contributed by atoms with Crippen molar-refractivity contribution < 1.29 is 4.79 Å². The number of rotatable bonds is 4. The maximum Gasteiger partial charge on any atom is 0.255 e. The van der Waals surface area contributed by atoms with E-state index in [9.17, 15) is 4.79 Å². The summed E-state index contributed by atoms with van der Waals surface area (Å²) >= 11 is 0. The van der Waals surface area contributed by atoms with E-state index in [-0.39, 0.29) is 11.9 Å². The van der Waals surface area contributed by atoms with E-state index in [0.29, 0.717) is 5.56 Å². The van der Waals surface area contributed by atoms with Gasteiger partial charge in [0.15, 0.2) is 0 Å². The van der Waals surface area contributed by atoms with Crippen LogP contribution in [0.3, 0.4) is 0 Å². The van der Waals surface area contributed by atoms with Gasteiger partial charge in [0.1, 0.15) is 0 Å². The van der Waals surface area contributed by atoms with Crippen LogP contribution in [0.2, 0.25) is 0 Å². The molecule has 1 aromatic heterocycles. The molecule has 0 saturated heterocycles. The highest BCUT2D eigenvalue weighted by Gasteiger charge is 2.21. The lowest BCUT2D eigenvalue weighted by Crippen LogP contribution is -2.27. The molecular formula is C24H23N3O. The minimum absolute atomic E-state index is 0.0992. The number of carbonyl (C=O) groups is 1. The summed E-state index contributed by atoms with van der Waals surface area (Å²) in [5.41, 5.74) is 4.23. The van der Waals surface area contributed by atoms with Crippen LogP contribution in [0.5, 0.6) is 0 Å². The van der Waals surface area contributed by atoms with Gasteiger partial charge in [0.05, 0.1) is 28.7 Å². The molecule has 0 saturated carbocycles. The van der Waals surface area contributed by atoms with Crippen LogP contribution in [0.15, 0.2) is 72.8 Å². The molecule has 28 heavy (non-hydrogen) atoms. The Balaban J connectivity index is 1.60. The Morgan fingerprint density at radius 2 is 1.61 bits per heavy atom. The van der Waals surface area contributed by atoms with E-state index in [1.54, 1.807) is 0 Å². The molecule has 3 aromatic carbocycles. The molecule has 0 aliphatic carbocycles. The van der Waals surface area contributed by atoms with Crippen LogP contribution in [0.4, 0.5) is 0 Å². The van der Waals surface area contributed by atoms with Crippen molar-refractivity contribution in [3.05, 3.63) is 95.3 Å². The van der Waals surface area contributed by atoms with Gasteiger partial charge in [0.25, 0.3) is 5.91 Å². The number of benzene rings is 3. The first kappa shape index (κ1) is 18.0. The van der Waals surface area contributed by atoms with Crippen LogP contribution in [-0.4, -0.2) is 15.7 Å². The van der Waals surface area contributed by atoms with Crippen molar-refractivity contribution in [2.24, 2.45) is 0 Å². The lowest BCUT2D eigenvalue weighted by atomic mass is 10.0. The van der Waals surface area contributed by atoms with Gasteiger partial charge in [0, 0.05) is 0 Å². The summed E-state index contributed by atoms with van der Waals surface area (Å²) in [6.45, 7) is 5.82. The number of carbonyl (C=O) groups excluding carboxylic acids is 1. The number of nitrogens with one attached hydrogen (secondary N) is 1. The Labute approximate surface area is 164 Å². The van der Waals surface area contributed by atoms with Crippen molar-refractivity contribution in [3.8, 4) is 5.69 Å². The fourth-order valence-corrected chi connectivity index (χ4v) is 3.62. The summed E-state index contributed by atoms with van der Waals surface area (Å²) in [4.78, 5) is 13.0. The topological polar surface area (TPSA) is 46.9 Å². The maximum absolute atomic E-state index is 13.0. The monoisotopic (exact) mass is 369 g/mol. The average molecular weight is 369 g/mol. The molecule has 4 aromatic rings. The van der Waals surface area contributed by atoms with Crippen molar-refractivity contribution in [2.75, 3.05) is 0 Å². The molecule has 1 unspecified atom stereocenters. The number of nitrogens with zero attached hydrogens (tertiary/aromatic N) is 2. The summed E-state index contributed by atoms with van der Waals surface area (Å²) in [5.74, 6) is -0.0992. The summed E-state index contributed by atoms with van der Waals surface area (Å²) in [7, 11) is 0. The summed E-state index contributed by atoms with van der Waals surface area (Å²) in [6, 6.07) is 24.3. The number of fused-ring (bicyclic) bond motifs is 1. The molecule has 4 heteroatoms. The van der Waals surface area contributed by atoms with Crippen molar-refractivity contribution >= 4 is 16.7 Å². The van der Waals surface area contributed by atoms with Crippen LogP contribution in [0.1, 0.15) is 40.3 Å². The van der Waals surface area contributed by atoms with Gasteiger partial charge >= 0.3 is 0 Å². The second kappa shape index (κ2) is 7.31. The second-order valence-corrected chi connectivity index (χ2v) is 7.09. The van der Waals surface area contributed by atoms with Crippen molar-refractivity contribution in [2.45, 2.75) is 26.8 Å². The number of amides is 1. The highest BCUT2D eigenvalue weighted by molar-refractivity contribution is 5.97. The summed E-state index contributed by atoms with van der Waals surface area (Å²) < 4.78 is 1.82. The van der Waals surface area contributed by atoms with Gasteiger partial charge in [-0.1, -0.05) is 54.6 Å². The fraction of sp³-hybridized carbons (Fsp3) is 0.167. The van der Waals surface area contributed by atoms with E-state index in [1.807, 2.05) is 67.9 Å². The molecule has 1 N–H and O–H groups in total. The number of aromatic nitrogens is 2. The Hall–Kier alpha value is -3.40. The average Bonchev–Trinajstić information content (AvgIpc) is 3.02. The fourth-order valence-electron chi connectivity index (χ4n) is 3.62. The SMILES string of the molecule is Cc1nn(-c2ccccc2)c(C)c1C(=O)NC(C)c1ccc2ccccc2c1. The first-order valence-corrected chi connectivity index (χ1v) is 9.46. The highest BCUT2D eigenvalue weighted by Crippen LogP contribution is 2.22. The molecule has 0 aliphatic heterocycles. The van der Waals surface area contributed by atoms with Crippen LogP contribution in [-0.2, 0) is 0 Å². The van der Waals surface area contributed by atoms with Crippen molar-refractivity contribution in [3.63, 3.8) is 0 Å². The zero-order chi connectivity index (χ0) is 19.7. The van der Waals surface area contributed by atoms with Gasteiger partial charge in [-0.05, 0) is 55.3 Å². The third kappa shape index (κ3) is 3.29. The van der Waals surface area contributed by atoms with Gasteiger partial charge < -0.3 is 5.32 Å². The number of aryl methyl sites for hydroxylation is 1. The Morgan fingerprint density at radius 3 is 2.36 bits per heavy atom.